The van der Waals surface area contributed by atoms with Gasteiger partial charge < -0.3 is 14.6 Å². The fraction of sp³-hybridized carbons (Fsp3) is 0.700. The third-order valence-electron chi connectivity index (χ3n) is 0.636. The molecule has 0 spiro atoms. The van der Waals surface area contributed by atoms with Crippen molar-refractivity contribution in [1.29, 1.82) is 0 Å². The lowest BCUT2D eigenvalue weighted by molar-refractivity contribution is -0.128. The molecule has 0 heterocycles. The molecule has 1 N–H and O–H groups in total. The Bertz CT molecular complexity index is 189. The third kappa shape index (κ3) is 72.1. The quantitative estimate of drug-likeness (QED) is 0.627. The maximum Gasteiger partial charge on any atom is 0.293 e. The molecule has 0 amide bonds. The van der Waals surface area contributed by atoms with Crippen molar-refractivity contribution in [2.75, 3.05) is 6.61 Å². The van der Waals surface area contributed by atoms with E-state index in [1.54, 1.807) is 13.8 Å². The van der Waals surface area contributed by atoms with Crippen LogP contribution >= 0.6 is 24.4 Å². The van der Waals surface area contributed by atoms with Crippen molar-refractivity contribution in [3.8, 4) is 0 Å². The van der Waals surface area contributed by atoms with E-state index in [0.29, 0.717) is 18.1 Å². The predicted octanol–water partition coefficient (Wildman–Crippen LogP) is 2.83. The number of aliphatic hydroxyl groups excluding tert-OH is 1. The highest BCUT2D eigenvalue weighted by Gasteiger charge is 1.90. The van der Waals surface area contributed by atoms with Crippen LogP contribution in [0.5, 0.6) is 0 Å². The number of aliphatic hydroxyl groups is 1. The fourth-order valence-corrected chi connectivity index (χ4v) is 0.592. The summed E-state index contributed by atoms with van der Waals surface area (Å²) in [5, 5.41) is 8.41. The second-order valence-corrected chi connectivity index (χ2v) is 3.89. The van der Waals surface area contributed by atoms with Gasteiger partial charge in [0.05, 0.1) is 12.7 Å². The molecule has 0 radical (unpaired) electrons. The van der Waals surface area contributed by atoms with Crippen LogP contribution in [0.1, 0.15) is 34.6 Å². The zero-order chi connectivity index (χ0) is 13.6. The van der Waals surface area contributed by atoms with Crippen molar-refractivity contribution < 1.29 is 19.4 Å². The highest BCUT2D eigenvalue weighted by molar-refractivity contribution is 7.80. The van der Waals surface area contributed by atoms with Gasteiger partial charge in [0.15, 0.2) is 10.1 Å². The SMILES string of the molecule is CC(=S)OC(C)C.CC(O)=S.CCOC=O. The Morgan fingerprint density at radius 2 is 1.75 bits per heavy atom. The van der Waals surface area contributed by atoms with Crippen LogP contribution in [0.2, 0.25) is 0 Å². The van der Waals surface area contributed by atoms with Crippen LogP contribution in [0.15, 0.2) is 0 Å². The zero-order valence-corrected chi connectivity index (χ0v) is 12.0. The van der Waals surface area contributed by atoms with Crippen LogP contribution in [0.25, 0.3) is 0 Å². The Kier molecular flexibility index (Phi) is 21.5. The third-order valence-corrected chi connectivity index (χ3v) is 0.733. The number of carbonyl (C=O) groups excluding carboxylic acids is 1. The van der Waals surface area contributed by atoms with E-state index in [9.17, 15) is 4.79 Å². The number of carbonyl (C=O) groups is 1. The van der Waals surface area contributed by atoms with E-state index in [-0.39, 0.29) is 11.2 Å². The summed E-state index contributed by atoms with van der Waals surface area (Å²) in [4.78, 5) is 9.18. The second-order valence-electron chi connectivity index (χ2n) is 2.73. The molecule has 0 aliphatic heterocycles. The average Bonchev–Trinajstić information content (AvgIpc) is 2.02. The monoisotopic (exact) mass is 268 g/mol. The lowest BCUT2D eigenvalue weighted by Crippen LogP contribution is -2.04. The van der Waals surface area contributed by atoms with Gasteiger partial charge in [-0.05, 0) is 45.2 Å². The first-order valence-electron chi connectivity index (χ1n) is 4.69. The summed E-state index contributed by atoms with van der Waals surface area (Å²) in [5.74, 6) is 0. The highest BCUT2D eigenvalue weighted by Crippen LogP contribution is 1.88. The van der Waals surface area contributed by atoms with Gasteiger partial charge in [0.25, 0.3) is 6.47 Å². The summed E-state index contributed by atoms with van der Waals surface area (Å²) in [7, 11) is 0. The maximum absolute atomic E-state index is 9.18. The first-order valence-corrected chi connectivity index (χ1v) is 5.51. The standard InChI is InChI=1S/C5H10OS.C3H6O2.C2H4OS/c1-4(2)6-5(3)7;1-2-5-3-4;1-2(3)4/h4H,1-3H3;3H,2H2,1H3;1H3,(H,3,4). The van der Waals surface area contributed by atoms with Gasteiger partial charge in [0.1, 0.15) is 0 Å². The van der Waals surface area contributed by atoms with Crippen LogP contribution in [0, 0.1) is 0 Å². The second kappa shape index (κ2) is 16.7. The van der Waals surface area contributed by atoms with Crippen molar-refractivity contribution in [2.24, 2.45) is 0 Å². The molecule has 6 heteroatoms. The van der Waals surface area contributed by atoms with Gasteiger partial charge in [0, 0.05) is 13.8 Å². The normalized spacial score (nSPS) is 7.62. The zero-order valence-electron chi connectivity index (χ0n) is 10.4. The highest BCUT2D eigenvalue weighted by atomic mass is 32.1. The van der Waals surface area contributed by atoms with Gasteiger partial charge in [0.2, 0.25) is 0 Å². The van der Waals surface area contributed by atoms with E-state index in [1.807, 2.05) is 13.8 Å². The van der Waals surface area contributed by atoms with Gasteiger partial charge in [-0.25, -0.2) is 0 Å². The van der Waals surface area contributed by atoms with Gasteiger partial charge in [-0.15, -0.1) is 0 Å². The van der Waals surface area contributed by atoms with Gasteiger partial charge >= 0.3 is 0 Å². The number of hydrogen-bond acceptors (Lipinski definition) is 5. The molecule has 0 aromatic rings. The smallest absolute Gasteiger partial charge is 0.293 e. The van der Waals surface area contributed by atoms with Crippen molar-refractivity contribution >= 4 is 41.0 Å². The fourth-order valence-electron chi connectivity index (χ4n) is 0.400. The number of ether oxygens (including phenoxy) is 2. The van der Waals surface area contributed by atoms with E-state index >= 15 is 0 Å². The van der Waals surface area contributed by atoms with Crippen LogP contribution in [-0.4, -0.2) is 34.4 Å². The Morgan fingerprint density at radius 1 is 1.38 bits per heavy atom. The molecule has 0 saturated carbocycles. The van der Waals surface area contributed by atoms with Crippen LogP contribution in [-0.2, 0) is 14.3 Å². The summed E-state index contributed by atoms with van der Waals surface area (Å²) in [5.41, 5.74) is 0. The Morgan fingerprint density at radius 3 is 1.75 bits per heavy atom. The van der Waals surface area contributed by atoms with Crippen molar-refractivity contribution in [3.05, 3.63) is 0 Å². The van der Waals surface area contributed by atoms with Crippen molar-refractivity contribution in [3.63, 3.8) is 0 Å². The molecule has 0 saturated heterocycles. The lowest BCUT2D eigenvalue weighted by Gasteiger charge is -2.04. The number of hydrogen-bond donors (Lipinski definition) is 1. The van der Waals surface area contributed by atoms with Gasteiger partial charge in [-0.3, -0.25) is 4.79 Å². The molecule has 0 atom stereocenters. The molecule has 0 bridgehead atoms. The molecule has 0 aromatic carbocycles. The first-order chi connectivity index (χ1) is 7.27. The van der Waals surface area contributed by atoms with E-state index in [4.69, 9.17) is 9.84 Å². The average molecular weight is 268 g/mol. The summed E-state index contributed by atoms with van der Waals surface area (Å²) < 4.78 is 9.13. The molecule has 0 aromatic heterocycles. The van der Waals surface area contributed by atoms with E-state index in [1.165, 1.54) is 6.92 Å². The minimum Gasteiger partial charge on any atom is -0.502 e. The molecule has 96 valence electrons. The molecule has 16 heavy (non-hydrogen) atoms. The molecule has 0 unspecified atom stereocenters. The molecular formula is C10H20O4S2. The van der Waals surface area contributed by atoms with Crippen molar-refractivity contribution in [1.82, 2.24) is 0 Å². The Labute approximate surface area is 108 Å². The molecule has 0 fully saturated rings. The molecule has 0 aliphatic rings. The topological polar surface area (TPSA) is 55.8 Å². The van der Waals surface area contributed by atoms with E-state index < -0.39 is 0 Å². The van der Waals surface area contributed by atoms with Gasteiger partial charge in [-0.1, -0.05) is 0 Å². The summed E-state index contributed by atoms with van der Waals surface area (Å²) >= 11 is 8.74. The summed E-state index contributed by atoms with van der Waals surface area (Å²) in [6.07, 6.45) is 0.234. The minimum atomic E-state index is 0.000000000000000222. The predicted molar refractivity (Wildman–Crippen MR) is 73.1 cm³/mol. The van der Waals surface area contributed by atoms with E-state index in [0.717, 1.165) is 0 Å². The largest absolute Gasteiger partial charge is 0.502 e. The van der Waals surface area contributed by atoms with Crippen molar-refractivity contribution in [2.45, 2.75) is 40.7 Å². The van der Waals surface area contributed by atoms with Crippen LogP contribution in [0.4, 0.5) is 0 Å². The van der Waals surface area contributed by atoms with E-state index in [2.05, 4.69) is 29.2 Å². The molecule has 0 aliphatic carbocycles. The summed E-state index contributed by atoms with van der Waals surface area (Å²) in [6.45, 7) is 9.80. The first kappa shape index (κ1) is 20.6. The Hall–Kier alpha value is -0.750. The molecule has 0 rings (SSSR count). The minimum absolute atomic E-state index is 0.000000000000000222. The number of thiocarbonyl (C=S) groups is 2. The number of rotatable bonds is 3. The lowest BCUT2D eigenvalue weighted by atomic mass is 10.5. The summed E-state index contributed by atoms with van der Waals surface area (Å²) in [6, 6.07) is 0. The Balaban J connectivity index is -0.000000166. The molecule has 4 nitrogen and oxygen atoms in total. The van der Waals surface area contributed by atoms with Gasteiger partial charge in [-0.2, -0.15) is 0 Å². The molecular weight excluding hydrogens is 248 g/mol. The maximum atomic E-state index is 9.18. The van der Waals surface area contributed by atoms with Crippen LogP contribution < -0.4 is 0 Å². The van der Waals surface area contributed by atoms with Crippen LogP contribution in [0.3, 0.4) is 0 Å².